The number of benzene rings is 2. The molecule has 0 bridgehead atoms. The van der Waals surface area contributed by atoms with Crippen molar-refractivity contribution in [2.45, 2.75) is 38.3 Å². The van der Waals surface area contributed by atoms with Crippen molar-refractivity contribution in [3.8, 4) is 0 Å². The lowest BCUT2D eigenvalue weighted by Gasteiger charge is -2.26. The van der Waals surface area contributed by atoms with Crippen LogP contribution >= 0.6 is 0 Å². The summed E-state index contributed by atoms with van der Waals surface area (Å²) < 4.78 is 0. The number of aryl methyl sites for hydroxylation is 1. The van der Waals surface area contributed by atoms with Crippen LogP contribution in [0.3, 0.4) is 0 Å². The molecule has 0 fully saturated rings. The van der Waals surface area contributed by atoms with Gasteiger partial charge in [-0.05, 0) is 61.6 Å². The maximum Gasteiger partial charge on any atom is 0.261 e. The van der Waals surface area contributed by atoms with E-state index >= 15 is 0 Å². The third kappa shape index (κ3) is 5.30. The second-order valence-corrected chi connectivity index (χ2v) is 8.32. The van der Waals surface area contributed by atoms with Crippen molar-refractivity contribution >= 4 is 5.91 Å². The molecular weight excluding hydrogens is 386 g/mol. The maximum absolute atomic E-state index is 12.8. The SMILES string of the molecule is CN(CCc1ccccc1)Cc1ccc(C(=O)N[C@H]2CCCc3ccccc32)c(=O)[nH]1. The summed E-state index contributed by atoms with van der Waals surface area (Å²) in [6, 6.07) is 22.0. The number of rotatable bonds is 7. The Balaban J connectivity index is 1.37. The number of amides is 1. The predicted octanol–water partition coefficient (Wildman–Crippen LogP) is 3.86. The van der Waals surface area contributed by atoms with E-state index in [0.29, 0.717) is 6.54 Å². The molecule has 160 valence electrons. The first-order valence-electron chi connectivity index (χ1n) is 10.9. The quantitative estimate of drug-likeness (QED) is 0.616. The van der Waals surface area contributed by atoms with Gasteiger partial charge in [-0.2, -0.15) is 0 Å². The second kappa shape index (κ2) is 9.75. The van der Waals surface area contributed by atoms with Crippen LogP contribution in [0, 0.1) is 0 Å². The third-order valence-electron chi connectivity index (χ3n) is 5.95. The van der Waals surface area contributed by atoms with Crippen LogP contribution in [-0.4, -0.2) is 29.4 Å². The van der Waals surface area contributed by atoms with Crippen LogP contribution < -0.4 is 10.9 Å². The van der Waals surface area contributed by atoms with E-state index in [1.165, 1.54) is 11.1 Å². The Labute approximate surface area is 183 Å². The van der Waals surface area contributed by atoms with Gasteiger partial charge in [0.05, 0.1) is 6.04 Å². The molecule has 4 rings (SSSR count). The van der Waals surface area contributed by atoms with E-state index < -0.39 is 0 Å². The fourth-order valence-electron chi connectivity index (χ4n) is 4.26. The fourth-order valence-corrected chi connectivity index (χ4v) is 4.26. The zero-order valence-electron chi connectivity index (χ0n) is 17.9. The monoisotopic (exact) mass is 415 g/mol. The average molecular weight is 416 g/mol. The van der Waals surface area contributed by atoms with Crippen LogP contribution in [0.5, 0.6) is 0 Å². The molecule has 2 aromatic carbocycles. The first kappa shape index (κ1) is 21.1. The van der Waals surface area contributed by atoms with E-state index in [2.05, 4.69) is 39.5 Å². The molecule has 0 radical (unpaired) electrons. The van der Waals surface area contributed by atoms with Gasteiger partial charge in [0, 0.05) is 18.8 Å². The first-order valence-corrected chi connectivity index (χ1v) is 10.9. The smallest absolute Gasteiger partial charge is 0.261 e. The minimum Gasteiger partial charge on any atom is -0.345 e. The van der Waals surface area contributed by atoms with Crippen molar-refractivity contribution in [2.75, 3.05) is 13.6 Å². The Morgan fingerprint density at radius 3 is 2.65 bits per heavy atom. The predicted molar refractivity (Wildman–Crippen MR) is 123 cm³/mol. The van der Waals surface area contributed by atoms with E-state index in [1.807, 2.05) is 43.4 Å². The Hall–Kier alpha value is -3.18. The number of H-pyrrole nitrogens is 1. The van der Waals surface area contributed by atoms with Crippen molar-refractivity contribution in [3.63, 3.8) is 0 Å². The van der Waals surface area contributed by atoms with Crippen molar-refractivity contribution in [1.82, 2.24) is 15.2 Å². The number of aromatic nitrogens is 1. The lowest BCUT2D eigenvalue weighted by atomic mass is 9.87. The zero-order chi connectivity index (χ0) is 21.6. The highest BCUT2D eigenvalue weighted by Gasteiger charge is 2.23. The van der Waals surface area contributed by atoms with Crippen molar-refractivity contribution in [1.29, 1.82) is 0 Å². The molecular formula is C26H29N3O2. The van der Waals surface area contributed by atoms with E-state index in [1.54, 1.807) is 6.07 Å². The van der Waals surface area contributed by atoms with Crippen LogP contribution in [0.4, 0.5) is 0 Å². The average Bonchev–Trinajstić information content (AvgIpc) is 2.79. The fraction of sp³-hybridized carbons (Fsp3) is 0.308. The molecule has 0 spiro atoms. The van der Waals surface area contributed by atoms with Gasteiger partial charge in [-0.25, -0.2) is 0 Å². The van der Waals surface area contributed by atoms with Gasteiger partial charge in [-0.1, -0.05) is 54.6 Å². The molecule has 31 heavy (non-hydrogen) atoms. The zero-order valence-corrected chi connectivity index (χ0v) is 17.9. The van der Waals surface area contributed by atoms with Crippen LogP contribution in [0.1, 0.15) is 51.6 Å². The van der Waals surface area contributed by atoms with Gasteiger partial charge in [-0.3, -0.25) is 9.59 Å². The summed E-state index contributed by atoms with van der Waals surface area (Å²) in [7, 11) is 2.03. The Bertz CT molecular complexity index is 1090. The maximum atomic E-state index is 12.8. The molecule has 5 nitrogen and oxygen atoms in total. The van der Waals surface area contributed by atoms with Gasteiger partial charge in [0.15, 0.2) is 0 Å². The van der Waals surface area contributed by atoms with E-state index in [4.69, 9.17) is 0 Å². The number of fused-ring (bicyclic) bond motifs is 1. The molecule has 5 heteroatoms. The largest absolute Gasteiger partial charge is 0.345 e. The number of carbonyl (C=O) groups excluding carboxylic acids is 1. The van der Waals surface area contributed by atoms with Gasteiger partial charge in [0.25, 0.3) is 11.5 Å². The first-order chi connectivity index (χ1) is 15.1. The Kier molecular flexibility index (Phi) is 6.63. The Morgan fingerprint density at radius 2 is 1.84 bits per heavy atom. The minimum atomic E-state index is -0.337. The van der Waals surface area contributed by atoms with Crippen molar-refractivity contribution in [2.24, 2.45) is 0 Å². The summed E-state index contributed by atoms with van der Waals surface area (Å²) in [6.07, 6.45) is 3.91. The highest BCUT2D eigenvalue weighted by Crippen LogP contribution is 2.29. The number of aromatic amines is 1. The number of carbonyl (C=O) groups is 1. The number of nitrogens with zero attached hydrogens (tertiary/aromatic N) is 1. The summed E-state index contributed by atoms with van der Waals surface area (Å²) in [4.78, 5) is 30.4. The second-order valence-electron chi connectivity index (χ2n) is 8.32. The molecule has 1 aromatic heterocycles. The van der Waals surface area contributed by atoms with Gasteiger partial charge in [-0.15, -0.1) is 0 Å². The van der Waals surface area contributed by atoms with Crippen LogP contribution in [0.2, 0.25) is 0 Å². The lowest BCUT2D eigenvalue weighted by molar-refractivity contribution is 0.0931. The lowest BCUT2D eigenvalue weighted by Crippen LogP contribution is -2.34. The van der Waals surface area contributed by atoms with Gasteiger partial charge >= 0.3 is 0 Å². The van der Waals surface area contributed by atoms with Crippen molar-refractivity contribution < 1.29 is 4.79 Å². The third-order valence-corrected chi connectivity index (χ3v) is 5.95. The van der Waals surface area contributed by atoms with Gasteiger partial charge in [0.1, 0.15) is 5.56 Å². The van der Waals surface area contributed by atoms with Gasteiger partial charge < -0.3 is 15.2 Å². The molecule has 1 heterocycles. The van der Waals surface area contributed by atoms with Crippen LogP contribution in [0.15, 0.2) is 71.5 Å². The minimum absolute atomic E-state index is 0.0411. The van der Waals surface area contributed by atoms with E-state index in [9.17, 15) is 9.59 Å². The standard InChI is InChI=1S/C26H29N3O2/c1-29(17-16-19-8-3-2-4-9-19)18-21-14-15-23(25(30)27-21)26(31)28-24-13-7-11-20-10-5-6-12-22(20)24/h2-6,8-10,12,14-15,24H,7,11,13,16-18H2,1H3,(H,27,30)(H,28,31)/t24-/m0/s1. The summed E-state index contributed by atoms with van der Waals surface area (Å²) in [5.41, 5.74) is 4.37. The molecule has 1 aliphatic carbocycles. The summed E-state index contributed by atoms with van der Waals surface area (Å²) in [6.45, 7) is 1.51. The van der Waals surface area contributed by atoms with Crippen LogP contribution in [0.25, 0.3) is 0 Å². The number of hydrogen-bond acceptors (Lipinski definition) is 3. The molecule has 3 aromatic rings. The molecule has 2 N–H and O–H groups in total. The highest BCUT2D eigenvalue weighted by atomic mass is 16.2. The normalized spacial score (nSPS) is 15.5. The van der Waals surface area contributed by atoms with E-state index in [-0.39, 0.29) is 23.1 Å². The number of likely N-dealkylation sites (N-methyl/N-ethyl adjacent to an activating group) is 1. The summed E-state index contributed by atoms with van der Waals surface area (Å²) in [5.74, 6) is -0.313. The van der Waals surface area contributed by atoms with E-state index in [0.717, 1.165) is 43.5 Å². The number of hydrogen-bond donors (Lipinski definition) is 2. The molecule has 0 saturated heterocycles. The molecule has 1 atom stereocenters. The van der Waals surface area contributed by atoms with Gasteiger partial charge in [0.2, 0.25) is 0 Å². The highest BCUT2D eigenvalue weighted by molar-refractivity contribution is 5.94. The topological polar surface area (TPSA) is 65.2 Å². The Morgan fingerprint density at radius 1 is 1.06 bits per heavy atom. The molecule has 0 saturated carbocycles. The molecule has 0 aliphatic heterocycles. The summed E-state index contributed by atoms with van der Waals surface area (Å²) >= 11 is 0. The molecule has 1 amide bonds. The molecule has 1 aliphatic rings. The summed E-state index contributed by atoms with van der Waals surface area (Å²) in [5, 5.41) is 3.06. The number of pyridine rings is 1. The number of nitrogens with one attached hydrogen (secondary N) is 2. The molecule has 0 unspecified atom stereocenters. The van der Waals surface area contributed by atoms with Crippen LogP contribution in [-0.2, 0) is 19.4 Å². The van der Waals surface area contributed by atoms with Crippen molar-refractivity contribution in [3.05, 3.63) is 105 Å².